The molecule has 1 fully saturated rings. The first-order chi connectivity index (χ1) is 10.2. The Morgan fingerprint density at radius 3 is 2.59 bits per heavy atom. The topological polar surface area (TPSA) is 73.1 Å². The highest BCUT2D eigenvalue weighted by Crippen LogP contribution is 2.37. The predicted molar refractivity (Wildman–Crippen MR) is 75.6 cm³/mol. The van der Waals surface area contributed by atoms with E-state index in [9.17, 15) is 23.1 Å². The highest BCUT2D eigenvalue weighted by molar-refractivity contribution is 7.80. The summed E-state index contributed by atoms with van der Waals surface area (Å²) in [6, 6.07) is 1.54. The van der Waals surface area contributed by atoms with Gasteiger partial charge in [-0.25, -0.2) is 0 Å². The number of allylic oxidation sites excluding steroid dienone is 4. The van der Waals surface area contributed by atoms with Crippen molar-refractivity contribution in [1.82, 2.24) is 5.32 Å². The quantitative estimate of drug-likeness (QED) is 0.361. The van der Waals surface area contributed by atoms with E-state index in [0.29, 0.717) is 12.8 Å². The molecule has 22 heavy (non-hydrogen) atoms. The number of nitrogens with one attached hydrogen (secondary N) is 1. The van der Waals surface area contributed by atoms with Crippen molar-refractivity contribution in [3.8, 4) is 6.07 Å². The van der Waals surface area contributed by atoms with Crippen LogP contribution in [-0.2, 0) is 4.79 Å². The minimum absolute atomic E-state index is 0.0880. The predicted octanol–water partition coefficient (Wildman–Crippen LogP) is 2.99. The summed E-state index contributed by atoms with van der Waals surface area (Å²) < 4.78 is 38.8. The molecule has 8 heteroatoms. The molecule has 0 radical (unpaired) electrons. The third-order valence-electron chi connectivity index (χ3n) is 3.22. The maximum atomic E-state index is 12.9. The van der Waals surface area contributed by atoms with E-state index in [0.717, 1.165) is 12.2 Å². The lowest BCUT2D eigenvalue weighted by Gasteiger charge is -2.19. The number of carbonyl (C=O) groups is 1. The number of aliphatic hydroxyl groups is 1. The zero-order valence-corrected chi connectivity index (χ0v) is 12.0. The summed E-state index contributed by atoms with van der Waals surface area (Å²) in [5.74, 6) is -1.68. The first-order valence-corrected chi connectivity index (χ1v) is 6.81. The van der Waals surface area contributed by atoms with Crippen molar-refractivity contribution in [3.05, 3.63) is 34.8 Å². The van der Waals surface area contributed by atoms with E-state index in [1.165, 1.54) is 6.07 Å². The summed E-state index contributed by atoms with van der Waals surface area (Å²) in [4.78, 5) is 12.0. The third-order valence-corrected chi connectivity index (χ3v) is 3.50. The van der Waals surface area contributed by atoms with Crippen LogP contribution in [0.1, 0.15) is 19.3 Å². The number of amides is 1. The molecule has 1 amide bonds. The molecule has 0 bridgehead atoms. The first-order valence-electron chi connectivity index (χ1n) is 6.41. The summed E-state index contributed by atoms with van der Waals surface area (Å²) in [5, 5.41) is 20.7. The fraction of sp³-hybridized carbons (Fsp3) is 0.357. The van der Waals surface area contributed by atoms with Gasteiger partial charge in [0.05, 0.1) is 5.57 Å². The minimum atomic E-state index is -4.68. The fourth-order valence-corrected chi connectivity index (χ4v) is 2.13. The van der Waals surface area contributed by atoms with Gasteiger partial charge in [0.1, 0.15) is 11.8 Å². The lowest BCUT2D eigenvalue weighted by atomic mass is 10.0. The second-order valence-corrected chi connectivity index (χ2v) is 5.47. The molecule has 0 atom stereocenters. The molecule has 4 nitrogen and oxygen atoms in total. The van der Waals surface area contributed by atoms with Gasteiger partial charge >= 0.3 is 6.18 Å². The van der Waals surface area contributed by atoms with Gasteiger partial charge in [-0.05, 0) is 18.9 Å². The van der Waals surface area contributed by atoms with E-state index >= 15 is 0 Å². The van der Waals surface area contributed by atoms with Crippen molar-refractivity contribution in [3.63, 3.8) is 0 Å². The first kappa shape index (κ1) is 16.2. The number of rotatable bonds is 3. The van der Waals surface area contributed by atoms with Gasteiger partial charge in [-0.1, -0.05) is 18.3 Å². The summed E-state index contributed by atoms with van der Waals surface area (Å²) in [6.07, 6.45) is -1.37. The highest BCUT2D eigenvalue weighted by Gasteiger charge is 2.38. The van der Waals surface area contributed by atoms with Crippen LogP contribution < -0.4 is 5.32 Å². The smallest absolute Gasteiger partial charge is 0.418 e. The molecule has 0 aliphatic heterocycles. The standard InChI is InChI=1S/C14H11F3N2O2S/c15-14(16,17)10-5-8(22)3-4-11(10)19-13(21)9(6-18)12(20)7-1-2-7/h4-5,7,20H,1-3H2,(H,19,21). The summed E-state index contributed by atoms with van der Waals surface area (Å²) in [6.45, 7) is 0. The fourth-order valence-electron chi connectivity index (χ4n) is 1.93. The molecule has 0 aromatic heterocycles. The number of nitriles is 1. The van der Waals surface area contributed by atoms with Crippen LogP contribution in [0, 0.1) is 17.2 Å². The molecule has 2 N–H and O–H groups in total. The molecular formula is C14H11F3N2O2S. The Balaban J connectivity index is 2.24. The van der Waals surface area contributed by atoms with Crippen LogP contribution in [0.15, 0.2) is 34.8 Å². The number of alkyl halides is 3. The number of thiocarbonyl (C=S) groups is 1. The lowest BCUT2D eigenvalue weighted by molar-refractivity contribution is -0.117. The SMILES string of the molecule is N#CC(C(=O)NC1=CCC(=S)C=C1C(F)(F)F)=C(O)C1CC1. The van der Waals surface area contributed by atoms with Gasteiger partial charge in [0.15, 0.2) is 5.57 Å². The van der Waals surface area contributed by atoms with Crippen molar-refractivity contribution >= 4 is 23.0 Å². The zero-order chi connectivity index (χ0) is 16.5. The maximum absolute atomic E-state index is 12.9. The van der Waals surface area contributed by atoms with E-state index in [1.54, 1.807) is 0 Å². The third kappa shape index (κ3) is 3.54. The minimum Gasteiger partial charge on any atom is -0.510 e. The second-order valence-electron chi connectivity index (χ2n) is 4.94. The Bertz CT molecular complexity index is 665. The van der Waals surface area contributed by atoms with Crippen LogP contribution in [-0.4, -0.2) is 22.1 Å². The lowest BCUT2D eigenvalue weighted by Crippen LogP contribution is -2.31. The van der Waals surface area contributed by atoms with Crippen LogP contribution in [0.5, 0.6) is 0 Å². The normalized spacial score (nSPS) is 19.6. The van der Waals surface area contributed by atoms with Gasteiger partial charge in [0.2, 0.25) is 0 Å². The van der Waals surface area contributed by atoms with Gasteiger partial charge in [0, 0.05) is 22.9 Å². The molecule has 116 valence electrons. The van der Waals surface area contributed by atoms with Gasteiger partial charge in [-0.15, -0.1) is 0 Å². The van der Waals surface area contributed by atoms with Crippen molar-refractivity contribution in [2.24, 2.45) is 5.92 Å². The van der Waals surface area contributed by atoms with Crippen molar-refractivity contribution in [2.75, 3.05) is 0 Å². The zero-order valence-electron chi connectivity index (χ0n) is 11.2. The van der Waals surface area contributed by atoms with Gasteiger partial charge in [0.25, 0.3) is 5.91 Å². The highest BCUT2D eigenvalue weighted by atomic mass is 32.1. The van der Waals surface area contributed by atoms with Crippen molar-refractivity contribution < 1.29 is 23.1 Å². The number of nitrogens with zero attached hydrogens (tertiary/aromatic N) is 1. The molecule has 0 spiro atoms. The van der Waals surface area contributed by atoms with Crippen LogP contribution in [0.3, 0.4) is 0 Å². The van der Waals surface area contributed by atoms with Crippen molar-refractivity contribution in [1.29, 1.82) is 5.26 Å². The van der Waals surface area contributed by atoms with Crippen LogP contribution >= 0.6 is 12.2 Å². The molecule has 0 unspecified atom stereocenters. The van der Waals surface area contributed by atoms with E-state index in [2.05, 4.69) is 0 Å². The van der Waals surface area contributed by atoms with Gasteiger partial charge in [-0.2, -0.15) is 18.4 Å². The number of carbonyl (C=O) groups excluding carboxylic acids is 1. The van der Waals surface area contributed by atoms with Gasteiger partial charge in [-0.3, -0.25) is 4.79 Å². The molecule has 0 aromatic carbocycles. The van der Waals surface area contributed by atoms with E-state index in [-0.39, 0.29) is 23.0 Å². The largest absolute Gasteiger partial charge is 0.510 e. The van der Waals surface area contributed by atoms with E-state index in [4.69, 9.17) is 17.5 Å². The molecule has 0 heterocycles. The second kappa shape index (κ2) is 5.93. The average Bonchev–Trinajstić information content (AvgIpc) is 3.24. The molecule has 2 aliphatic rings. The number of hydrogen-bond acceptors (Lipinski definition) is 4. The number of hydrogen-bond donors (Lipinski definition) is 2. The molecule has 0 aromatic rings. The van der Waals surface area contributed by atoms with Crippen LogP contribution in [0.2, 0.25) is 0 Å². The van der Waals surface area contributed by atoms with Crippen molar-refractivity contribution in [2.45, 2.75) is 25.4 Å². The Labute approximate surface area is 129 Å². The van der Waals surface area contributed by atoms with E-state index < -0.39 is 28.9 Å². The molecular weight excluding hydrogens is 317 g/mol. The van der Waals surface area contributed by atoms with Crippen LogP contribution in [0.4, 0.5) is 13.2 Å². The number of halogens is 3. The Kier molecular flexibility index (Phi) is 4.37. The summed E-state index contributed by atoms with van der Waals surface area (Å²) in [5.41, 5.74) is -2.08. The van der Waals surface area contributed by atoms with Crippen LogP contribution in [0.25, 0.3) is 0 Å². The number of aliphatic hydroxyl groups excluding tert-OH is 1. The van der Waals surface area contributed by atoms with E-state index in [1.807, 2.05) is 5.32 Å². The summed E-state index contributed by atoms with van der Waals surface area (Å²) >= 11 is 4.74. The molecule has 1 saturated carbocycles. The molecule has 0 saturated heterocycles. The average molecular weight is 328 g/mol. The monoisotopic (exact) mass is 328 g/mol. The molecule has 2 rings (SSSR count). The van der Waals surface area contributed by atoms with Gasteiger partial charge < -0.3 is 10.4 Å². The molecule has 2 aliphatic carbocycles. The Hall–Kier alpha value is -2.14. The maximum Gasteiger partial charge on any atom is 0.418 e. The summed E-state index contributed by atoms with van der Waals surface area (Å²) in [7, 11) is 0. The Morgan fingerprint density at radius 2 is 2.09 bits per heavy atom. The Morgan fingerprint density at radius 1 is 1.45 bits per heavy atom.